The molecule has 4 rings (SSSR count). The number of carboxylic acids is 1. The smallest absolute Gasteiger partial charge is 0.329 e. The first-order valence-electron chi connectivity index (χ1n) is 11.1. The van der Waals surface area contributed by atoms with Crippen LogP contribution in [0.25, 0.3) is 21.8 Å². The van der Waals surface area contributed by atoms with E-state index in [4.69, 9.17) is 0 Å². The van der Waals surface area contributed by atoms with Gasteiger partial charge in [-0.2, -0.15) is 0 Å². The Morgan fingerprint density at radius 3 is 2.35 bits per heavy atom. The Kier molecular flexibility index (Phi) is 6.36. The monoisotopic (exact) mass is 462 g/mol. The number of fused-ring (bicyclic) bond motifs is 2. The average Bonchev–Trinajstić information content (AvgIpc) is 3.24. The van der Waals surface area contributed by atoms with E-state index in [-0.39, 0.29) is 17.7 Å². The van der Waals surface area contributed by atoms with Gasteiger partial charge in [-0.05, 0) is 29.7 Å². The van der Waals surface area contributed by atoms with Crippen molar-refractivity contribution in [3.05, 3.63) is 81.1 Å². The van der Waals surface area contributed by atoms with Gasteiger partial charge in [-0.15, -0.1) is 0 Å². The molecule has 176 valence electrons. The highest BCUT2D eigenvalue weighted by Gasteiger charge is 2.32. The Labute approximate surface area is 194 Å². The molecule has 3 atom stereocenters. The van der Waals surface area contributed by atoms with Gasteiger partial charge in [0.25, 0.3) is 5.56 Å². The zero-order valence-electron chi connectivity index (χ0n) is 18.9. The fraction of sp³-hybridized carbons (Fsp3) is 0.280. The number of benzene rings is 2. The molecule has 0 unspecified atom stereocenters. The minimum atomic E-state index is -1.26. The summed E-state index contributed by atoms with van der Waals surface area (Å²) in [5.41, 5.74) is 0.585. The molecule has 0 bridgehead atoms. The predicted octanol–water partition coefficient (Wildman–Crippen LogP) is 2.57. The molecule has 4 N–H and O–H groups in total. The van der Waals surface area contributed by atoms with Crippen LogP contribution in [0.2, 0.25) is 0 Å². The van der Waals surface area contributed by atoms with Crippen molar-refractivity contribution in [1.29, 1.82) is 0 Å². The number of para-hydroxylation sites is 2. The molecule has 34 heavy (non-hydrogen) atoms. The van der Waals surface area contributed by atoms with Crippen molar-refractivity contribution in [1.82, 2.24) is 19.9 Å². The van der Waals surface area contributed by atoms with Crippen molar-refractivity contribution < 1.29 is 14.7 Å². The Balaban J connectivity index is 1.84. The van der Waals surface area contributed by atoms with E-state index in [0.717, 1.165) is 21.0 Å². The van der Waals surface area contributed by atoms with Gasteiger partial charge < -0.3 is 20.4 Å². The van der Waals surface area contributed by atoms with E-state index >= 15 is 0 Å². The lowest BCUT2D eigenvalue weighted by atomic mass is 9.98. The van der Waals surface area contributed by atoms with Crippen molar-refractivity contribution in [2.75, 3.05) is 0 Å². The Morgan fingerprint density at radius 2 is 1.68 bits per heavy atom. The average molecular weight is 463 g/mol. The summed E-state index contributed by atoms with van der Waals surface area (Å²) in [6.07, 6.45) is 2.28. The minimum absolute atomic E-state index is 0.0179. The third-order valence-electron chi connectivity index (χ3n) is 6.32. The van der Waals surface area contributed by atoms with E-state index in [1.807, 2.05) is 31.2 Å². The predicted molar refractivity (Wildman–Crippen MR) is 129 cm³/mol. The third kappa shape index (κ3) is 4.24. The first-order chi connectivity index (χ1) is 16.3. The van der Waals surface area contributed by atoms with Gasteiger partial charge in [0.15, 0.2) is 0 Å². The molecule has 2 aromatic heterocycles. The maximum absolute atomic E-state index is 13.5. The zero-order valence-corrected chi connectivity index (χ0v) is 18.9. The maximum atomic E-state index is 13.5. The van der Waals surface area contributed by atoms with Crippen LogP contribution in [0.1, 0.15) is 31.9 Å². The molecule has 0 saturated heterocycles. The van der Waals surface area contributed by atoms with E-state index in [1.165, 1.54) is 0 Å². The molecule has 0 aliphatic heterocycles. The van der Waals surface area contributed by atoms with Crippen LogP contribution in [-0.4, -0.2) is 37.6 Å². The van der Waals surface area contributed by atoms with Crippen LogP contribution in [-0.2, 0) is 16.0 Å². The van der Waals surface area contributed by atoms with E-state index in [2.05, 4.69) is 15.3 Å². The van der Waals surface area contributed by atoms with Crippen molar-refractivity contribution in [3.8, 4) is 0 Å². The van der Waals surface area contributed by atoms with Gasteiger partial charge in [0.2, 0.25) is 5.91 Å². The lowest BCUT2D eigenvalue weighted by molar-refractivity contribution is -0.143. The number of amides is 1. The van der Waals surface area contributed by atoms with Crippen molar-refractivity contribution in [3.63, 3.8) is 0 Å². The summed E-state index contributed by atoms with van der Waals surface area (Å²) in [4.78, 5) is 57.5. The quantitative estimate of drug-likeness (QED) is 0.319. The molecule has 0 radical (unpaired) electrons. The molecule has 0 fully saturated rings. The fourth-order valence-electron chi connectivity index (χ4n) is 4.20. The number of carbonyl (C=O) groups is 2. The number of rotatable bonds is 8. The summed E-state index contributed by atoms with van der Waals surface area (Å²) in [6.45, 7) is 3.55. The summed E-state index contributed by atoms with van der Waals surface area (Å²) < 4.78 is 0.884. The van der Waals surface area contributed by atoms with Crippen molar-refractivity contribution in [2.45, 2.75) is 38.8 Å². The normalized spacial score (nSPS) is 14.1. The molecular formula is C25H26N4O5. The summed E-state index contributed by atoms with van der Waals surface area (Å²) in [7, 11) is 0. The number of hydrogen-bond donors (Lipinski definition) is 4. The number of H-pyrrole nitrogens is 2. The molecule has 0 aliphatic rings. The first kappa shape index (κ1) is 23.0. The topological polar surface area (TPSA) is 137 Å². The second kappa shape index (κ2) is 9.38. The molecular weight excluding hydrogens is 436 g/mol. The molecule has 9 heteroatoms. The number of carboxylic acid groups (broad SMARTS) is 1. The van der Waals surface area contributed by atoms with Gasteiger partial charge in [-0.1, -0.05) is 50.6 Å². The SMILES string of the molecule is CC[C@@H](C)[C@H](NC(=O)[C@@H](Cc1c[nH]c2ccccc12)n1c(=O)[nH]c2ccccc2c1=O)C(=O)O. The van der Waals surface area contributed by atoms with Crippen LogP contribution in [0.3, 0.4) is 0 Å². The highest BCUT2D eigenvalue weighted by atomic mass is 16.4. The largest absolute Gasteiger partial charge is 0.480 e. The van der Waals surface area contributed by atoms with E-state index in [1.54, 1.807) is 37.4 Å². The van der Waals surface area contributed by atoms with Gasteiger partial charge in [-0.3, -0.25) is 9.59 Å². The van der Waals surface area contributed by atoms with Crippen molar-refractivity contribution >= 4 is 33.7 Å². The minimum Gasteiger partial charge on any atom is -0.480 e. The number of hydrogen-bond acceptors (Lipinski definition) is 4. The highest BCUT2D eigenvalue weighted by Crippen LogP contribution is 2.23. The lowest BCUT2D eigenvalue weighted by Crippen LogP contribution is -2.51. The molecule has 0 aliphatic carbocycles. The lowest BCUT2D eigenvalue weighted by Gasteiger charge is -2.24. The highest BCUT2D eigenvalue weighted by molar-refractivity contribution is 5.88. The van der Waals surface area contributed by atoms with Gasteiger partial charge in [0.1, 0.15) is 12.1 Å². The molecule has 2 heterocycles. The number of carbonyl (C=O) groups excluding carboxylic acids is 1. The van der Waals surface area contributed by atoms with Crippen LogP contribution < -0.4 is 16.6 Å². The number of aromatic nitrogens is 3. The van der Waals surface area contributed by atoms with Gasteiger partial charge >= 0.3 is 11.7 Å². The van der Waals surface area contributed by atoms with Crippen LogP contribution in [0.5, 0.6) is 0 Å². The molecule has 1 amide bonds. The first-order valence-corrected chi connectivity index (χ1v) is 11.1. The summed E-state index contributed by atoms with van der Waals surface area (Å²) in [5, 5.41) is 13.3. The molecule has 4 aromatic rings. The van der Waals surface area contributed by atoms with Gasteiger partial charge in [0, 0.05) is 23.5 Å². The van der Waals surface area contributed by atoms with E-state index in [0.29, 0.717) is 11.9 Å². The summed E-state index contributed by atoms with van der Waals surface area (Å²) >= 11 is 0. The van der Waals surface area contributed by atoms with Crippen molar-refractivity contribution in [2.24, 2.45) is 5.92 Å². The van der Waals surface area contributed by atoms with E-state index < -0.39 is 35.2 Å². The van der Waals surface area contributed by atoms with Crippen LogP contribution in [0, 0.1) is 5.92 Å². The number of nitrogens with zero attached hydrogens (tertiary/aromatic N) is 1. The Morgan fingerprint density at radius 1 is 1.03 bits per heavy atom. The Bertz CT molecular complexity index is 1480. The molecule has 2 aromatic carbocycles. The Hall–Kier alpha value is -4.14. The summed E-state index contributed by atoms with van der Waals surface area (Å²) in [6, 6.07) is 11.6. The molecule has 0 saturated carbocycles. The number of nitrogens with one attached hydrogen (secondary N) is 3. The zero-order chi connectivity index (χ0) is 24.4. The van der Waals surface area contributed by atoms with E-state index in [9.17, 15) is 24.3 Å². The van der Waals surface area contributed by atoms with Crippen LogP contribution in [0.4, 0.5) is 0 Å². The van der Waals surface area contributed by atoms with Crippen LogP contribution in [0.15, 0.2) is 64.3 Å². The van der Waals surface area contributed by atoms with Gasteiger partial charge in [-0.25, -0.2) is 14.2 Å². The standard InChI is InChI=1S/C25H26N4O5/c1-3-14(2)21(24(32)33)28-22(30)20(12-15-13-26-18-10-6-4-8-16(15)18)29-23(31)17-9-5-7-11-19(17)27-25(29)34/h4-11,13-14,20-21,26H,3,12H2,1-2H3,(H,27,34)(H,28,30)(H,32,33)/t14-,20-,21+/m1/s1. The number of aliphatic carboxylic acids is 1. The molecule has 0 spiro atoms. The number of aromatic amines is 2. The second-order valence-corrected chi connectivity index (χ2v) is 8.44. The third-order valence-corrected chi connectivity index (χ3v) is 6.32. The van der Waals surface area contributed by atoms with Gasteiger partial charge in [0.05, 0.1) is 10.9 Å². The maximum Gasteiger partial charge on any atom is 0.329 e. The summed E-state index contributed by atoms with van der Waals surface area (Å²) in [5.74, 6) is -2.23. The fourth-order valence-corrected chi connectivity index (χ4v) is 4.20. The molecule has 9 nitrogen and oxygen atoms in total. The van der Waals surface area contributed by atoms with Crippen LogP contribution >= 0.6 is 0 Å². The second-order valence-electron chi connectivity index (χ2n) is 8.44.